The number of alkyl halides is 3. The maximum atomic E-state index is 15.0. The maximum absolute atomic E-state index is 15.0. The Bertz CT molecular complexity index is 3110. The predicted molar refractivity (Wildman–Crippen MR) is 229 cm³/mol. The molecule has 0 saturated carbocycles. The van der Waals surface area contributed by atoms with E-state index in [1.807, 2.05) is 5.16 Å². The van der Waals surface area contributed by atoms with Crippen LogP contribution >= 0.6 is 24.4 Å². The van der Waals surface area contributed by atoms with Gasteiger partial charge in [-0.1, -0.05) is 6.07 Å². The van der Waals surface area contributed by atoms with E-state index in [1.165, 1.54) is 36.4 Å². The van der Waals surface area contributed by atoms with Gasteiger partial charge in [-0.25, -0.2) is 20.2 Å². The fraction of sp³-hybridized carbons (Fsp3) is 0.238. The first-order chi connectivity index (χ1) is 34.5. The largest absolute Gasteiger partial charge is 0.417 e. The summed E-state index contributed by atoms with van der Waals surface area (Å²) < 4.78 is 179. The number of anilines is 3. The fourth-order valence-electron chi connectivity index (χ4n) is 5.06. The Balaban J connectivity index is 0.000000338. The molecule has 0 radical (unpaired) electrons. The molecule has 3 amide bonds. The molecule has 3 N–H and O–H groups in total. The number of nitrogens with one attached hydrogen (secondary N) is 3. The topological polar surface area (TPSA) is 139 Å². The quantitative estimate of drug-likeness (QED) is 0.0723. The number of carbonyl (C=O) groups excluding carboxylic acids is 3. The minimum atomic E-state index is -4.57. The average molecular weight is 889 g/mol. The third kappa shape index (κ3) is 11.3. The number of nitriles is 1. The highest BCUT2D eigenvalue weighted by Crippen LogP contribution is 2.38. The SMILES string of the molecule is N#Cc1ccc(N=C=S)cc1C(F)(F)F.[2H]C([2H])([2H])NC(=O)c1ccc(N2C(=S)N(c3ccc([N+]#[C-])c(C)c3)C(=O)C2(C([2H])([2H])[2H])C([2H])([2H])[2H])cc1F.[2H]C([2H])([2H])NC(=O)c1ccc(NC(C)([N+]#[C-])C([2H])([2H])[2H])cc1F. The molecule has 1 saturated heterocycles. The van der Waals surface area contributed by atoms with Crippen LogP contribution in [-0.4, -0.2) is 53.1 Å². The number of carbonyl (C=O) groups is 3. The smallest absolute Gasteiger partial charge is 0.355 e. The van der Waals surface area contributed by atoms with E-state index in [1.54, 1.807) is 17.6 Å². The van der Waals surface area contributed by atoms with Crippen molar-refractivity contribution in [2.24, 2.45) is 4.99 Å². The zero-order chi connectivity index (χ0) is 58.5. The van der Waals surface area contributed by atoms with Crippen molar-refractivity contribution in [3.8, 4) is 6.07 Å². The van der Waals surface area contributed by atoms with Crippen LogP contribution in [0.25, 0.3) is 9.69 Å². The van der Waals surface area contributed by atoms with Crippen molar-refractivity contribution in [3.63, 3.8) is 0 Å². The Labute approximate surface area is 380 Å². The molecule has 0 bridgehead atoms. The standard InChI is InChI=1S/C21H19FN4O2S.C12H14FN3O.C9H3F3N2S/c1-12-10-13(7-9-17(12)23-4)25-19(28)21(2,3)26(20(25)29)14-6-8-15(16(22)11-14)18(27)24-5;1-12(2,15-4)16-8-5-6-9(10(13)7-8)11(17)14-3;10-9(11,12)8-3-7(14-5-15)2-1-6(8)4-13/h6-11H,1-3,5H3,(H,24,27);5-7,16H,1-3H3,(H,14,17);1-3H/i2D3,3D3,5D3;1D3,3D3;. The highest BCUT2D eigenvalue weighted by Gasteiger charge is 2.50. The minimum Gasteiger partial charge on any atom is -0.355 e. The summed E-state index contributed by atoms with van der Waals surface area (Å²) in [7, 11) is 0. The summed E-state index contributed by atoms with van der Waals surface area (Å²) in [5.74, 6) is -6.22. The average Bonchev–Trinajstić information content (AvgIpc) is 3.51. The van der Waals surface area contributed by atoms with E-state index in [9.17, 15) is 31.9 Å². The zero-order valence-corrected chi connectivity index (χ0v) is 32.7. The number of aliphatic imine (C=N–C) groups is 1. The Morgan fingerprint density at radius 2 is 1.56 bits per heavy atom. The Morgan fingerprint density at radius 1 is 0.934 bits per heavy atom. The molecule has 19 heteroatoms. The molecule has 0 aromatic heterocycles. The van der Waals surface area contributed by atoms with Crippen LogP contribution in [0.3, 0.4) is 0 Å². The van der Waals surface area contributed by atoms with Crippen LogP contribution in [0.4, 0.5) is 50.4 Å². The third-order valence-electron chi connectivity index (χ3n) is 7.90. The lowest BCUT2D eigenvalue weighted by atomic mass is 10.0. The highest BCUT2D eigenvalue weighted by molar-refractivity contribution is 7.81. The van der Waals surface area contributed by atoms with Gasteiger partial charge < -0.3 is 20.9 Å². The Kier molecular flexibility index (Phi) is 9.72. The zero-order valence-electron chi connectivity index (χ0n) is 46.0. The molecule has 1 heterocycles. The van der Waals surface area contributed by atoms with E-state index < -0.39 is 114 Å². The summed E-state index contributed by atoms with van der Waals surface area (Å²) >= 11 is 9.66. The van der Waals surface area contributed by atoms with Crippen molar-refractivity contribution < 1.29 is 56.9 Å². The molecular weight excluding hydrogens is 838 g/mol. The second kappa shape index (κ2) is 19.8. The first-order valence-electron chi connectivity index (χ1n) is 23.8. The van der Waals surface area contributed by atoms with Crippen LogP contribution in [0.15, 0.2) is 77.8 Å². The molecule has 12 nitrogen and oxygen atoms in total. The number of benzene rings is 4. The molecule has 1 atom stereocenters. The van der Waals surface area contributed by atoms with Gasteiger partial charge in [0.05, 0.1) is 45.7 Å². The normalized spacial score (nSPS) is 18.3. The number of thiocarbonyl (C=S) groups is 2. The molecule has 0 aliphatic carbocycles. The molecule has 1 aliphatic heterocycles. The van der Waals surface area contributed by atoms with Crippen LogP contribution in [0, 0.1) is 43.0 Å². The predicted octanol–water partition coefficient (Wildman–Crippen LogP) is 9.53. The number of aryl methyl sites for hydroxylation is 1. The van der Waals surface area contributed by atoms with Crippen LogP contribution in [0.2, 0.25) is 0 Å². The first kappa shape index (κ1) is 30.0. The molecule has 1 fully saturated rings. The van der Waals surface area contributed by atoms with Gasteiger partial charge >= 0.3 is 6.18 Å². The van der Waals surface area contributed by atoms with Gasteiger partial charge in [0, 0.05) is 65.4 Å². The summed E-state index contributed by atoms with van der Waals surface area (Å²) in [6.45, 7) is 1.48. The van der Waals surface area contributed by atoms with Crippen LogP contribution in [0.1, 0.15) is 85.4 Å². The Hall–Kier alpha value is -7.10. The van der Waals surface area contributed by atoms with Crippen molar-refractivity contribution >= 4 is 80.9 Å². The molecule has 61 heavy (non-hydrogen) atoms. The molecule has 4 aromatic rings. The van der Waals surface area contributed by atoms with Gasteiger partial charge in [-0.2, -0.15) is 23.4 Å². The van der Waals surface area contributed by atoms with Gasteiger partial charge in [0.1, 0.15) is 17.2 Å². The van der Waals surface area contributed by atoms with Gasteiger partial charge in [0.25, 0.3) is 23.4 Å². The summed E-state index contributed by atoms with van der Waals surface area (Å²) in [6, 6.07) is 13.9. The van der Waals surface area contributed by atoms with Gasteiger partial charge in [-0.15, -0.1) is 0 Å². The van der Waals surface area contributed by atoms with E-state index in [0.717, 1.165) is 43.3 Å². The van der Waals surface area contributed by atoms with Crippen molar-refractivity contribution in [3.05, 3.63) is 135 Å². The highest BCUT2D eigenvalue weighted by atomic mass is 32.1. The lowest BCUT2D eigenvalue weighted by Gasteiger charge is -2.29. The van der Waals surface area contributed by atoms with Crippen molar-refractivity contribution in [1.82, 2.24) is 10.6 Å². The second-order valence-electron chi connectivity index (χ2n) is 12.2. The molecule has 1 aliphatic rings. The third-order valence-corrected chi connectivity index (χ3v) is 8.36. The van der Waals surface area contributed by atoms with Gasteiger partial charge in [-0.05, 0) is 117 Å². The number of rotatable bonds is 7. The van der Waals surface area contributed by atoms with E-state index >= 15 is 4.39 Å². The summed E-state index contributed by atoms with van der Waals surface area (Å²) in [6.07, 6.45) is -4.57. The monoisotopic (exact) mass is 888 g/mol. The summed E-state index contributed by atoms with van der Waals surface area (Å²) in [4.78, 5) is 48.6. The van der Waals surface area contributed by atoms with E-state index in [0.29, 0.717) is 21.4 Å². The van der Waals surface area contributed by atoms with E-state index in [-0.39, 0.29) is 22.7 Å². The van der Waals surface area contributed by atoms with E-state index in [2.05, 4.69) is 32.2 Å². The van der Waals surface area contributed by atoms with Crippen molar-refractivity contribution in [2.45, 2.75) is 51.8 Å². The van der Waals surface area contributed by atoms with Crippen LogP contribution in [-0.2, 0) is 11.0 Å². The number of amides is 3. The molecule has 4 aromatic carbocycles. The van der Waals surface area contributed by atoms with Crippen LogP contribution in [0.5, 0.6) is 0 Å². The van der Waals surface area contributed by atoms with Crippen molar-refractivity contribution in [1.29, 1.82) is 5.26 Å². The fourth-order valence-corrected chi connectivity index (χ4v) is 5.59. The van der Waals surface area contributed by atoms with E-state index in [4.69, 9.17) is 51.2 Å². The lowest BCUT2D eigenvalue weighted by molar-refractivity contribution is -0.137. The van der Waals surface area contributed by atoms with Crippen LogP contribution < -0.4 is 25.8 Å². The molecular formula is C42H36F5N9O3S2. The van der Waals surface area contributed by atoms with Gasteiger partial charge in [0.15, 0.2) is 10.8 Å². The number of hydrogen-bond acceptors (Lipinski definition) is 8. The summed E-state index contributed by atoms with van der Waals surface area (Å²) in [5.41, 5.74) is -7.82. The lowest BCUT2D eigenvalue weighted by Crippen LogP contribution is -2.44. The minimum absolute atomic E-state index is 0.0144. The summed E-state index contributed by atoms with van der Waals surface area (Å²) in [5, 5.41) is 15.5. The number of isothiocyanates is 1. The molecule has 1 unspecified atom stereocenters. The molecule has 5 rings (SSSR count). The number of halogens is 5. The van der Waals surface area contributed by atoms with Gasteiger partial charge in [0.2, 0.25) is 0 Å². The molecule has 0 spiro atoms. The molecule has 314 valence electrons. The second-order valence-corrected chi connectivity index (χ2v) is 12.7. The number of nitrogens with zero attached hydrogens (tertiary/aromatic N) is 6. The van der Waals surface area contributed by atoms with Gasteiger partial charge in [-0.3, -0.25) is 24.1 Å². The first-order valence-corrected chi connectivity index (χ1v) is 17.1. The maximum Gasteiger partial charge on any atom is 0.417 e. The Morgan fingerprint density at radius 3 is 2.05 bits per heavy atom. The number of hydrogen-bond donors (Lipinski definition) is 3. The van der Waals surface area contributed by atoms with Crippen molar-refractivity contribution in [2.75, 3.05) is 29.1 Å².